The molecule has 1 N–H and O–H groups in total. The molecule has 0 heterocycles. The van der Waals surface area contributed by atoms with Crippen molar-refractivity contribution in [2.24, 2.45) is 0 Å². The summed E-state index contributed by atoms with van der Waals surface area (Å²) in [4.78, 5) is 0. The fraction of sp³-hybridized carbons (Fsp3) is 0.538. The largest absolute Gasteiger partial charge is 0.497 e. The van der Waals surface area contributed by atoms with E-state index >= 15 is 0 Å². The van der Waals surface area contributed by atoms with Crippen LogP contribution in [0.1, 0.15) is 18.4 Å². The molecule has 1 rings (SSSR count). The molecule has 0 spiro atoms. The third-order valence-electron chi connectivity index (χ3n) is 2.62. The van der Waals surface area contributed by atoms with Crippen molar-refractivity contribution in [3.63, 3.8) is 0 Å². The first-order chi connectivity index (χ1) is 7.80. The van der Waals surface area contributed by atoms with Crippen LogP contribution >= 0.6 is 0 Å². The maximum Gasteiger partial charge on any atom is 0.119 e. The fourth-order valence-corrected chi connectivity index (χ4v) is 1.68. The van der Waals surface area contributed by atoms with E-state index in [4.69, 9.17) is 14.6 Å². The first-order valence-corrected chi connectivity index (χ1v) is 5.56. The van der Waals surface area contributed by atoms with Crippen LogP contribution in [0.5, 0.6) is 5.75 Å². The van der Waals surface area contributed by atoms with Crippen LogP contribution < -0.4 is 4.74 Å². The minimum atomic E-state index is 0.166. The van der Waals surface area contributed by atoms with Crippen molar-refractivity contribution in [1.82, 2.24) is 0 Å². The lowest BCUT2D eigenvalue weighted by Gasteiger charge is -2.15. The van der Waals surface area contributed by atoms with Crippen molar-refractivity contribution in [2.45, 2.75) is 25.4 Å². The van der Waals surface area contributed by atoms with Gasteiger partial charge in [-0.05, 0) is 37.0 Å². The zero-order chi connectivity index (χ0) is 11.8. The Morgan fingerprint density at radius 1 is 1.31 bits per heavy atom. The molecule has 0 aliphatic heterocycles. The molecule has 0 saturated carbocycles. The Hall–Kier alpha value is -1.06. The van der Waals surface area contributed by atoms with Gasteiger partial charge in [0.25, 0.3) is 0 Å². The lowest BCUT2D eigenvalue weighted by Crippen LogP contribution is -2.14. The normalized spacial score (nSPS) is 12.4. The topological polar surface area (TPSA) is 38.7 Å². The summed E-state index contributed by atoms with van der Waals surface area (Å²) in [7, 11) is 3.38. The molecule has 0 radical (unpaired) electrons. The second-order valence-electron chi connectivity index (χ2n) is 3.78. The number of benzene rings is 1. The first-order valence-electron chi connectivity index (χ1n) is 5.56. The van der Waals surface area contributed by atoms with Gasteiger partial charge < -0.3 is 14.6 Å². The van der Waals surface area contributed by atoms with Crippen molar-refractivity contribution in [3.05, 3.63) is 29.8 Å². The van der Waals surface area contributed by atoms with Gasteiger partial charge in [0, 0.05) is 13.7 Å². The van der Waals surface area contributed by atoms with Crippen LogP contribution in [0.4, 0.5) is 0 Å². The molecule has 0 aliphatic rings. The summed E-state index contributed by atoms with van der Waals surface area (Å²) in [6, 6.07) is 7.99. The van der Waals surface area contributed by atoms with Crippen LogP contribution in [0.25, 0.3) is 0 Å². The zero-order valence-electron chi connectivity index (χ0n) is 9.98. The number of aliphatic hydroxyl groups is 1. The molecule has 3 heteroatoms. The van der Waals surface area contributed by atoms with E-state index in [1.165, 1.54) is 5.56 Å². The van der Waals surface area contributed by atoms with E-state index in [1.54, 1.807) is 14.2 Å². The number of aliphatic hydroxyl groups excluding tert-OH is 1. The Labute approximate surface area is 97.0 Å². The summed E-state index contributed by atoms with van der Waals surface area (Å²) >= 11 is 0. The van der Waals surface area contributed by atoms with E-state index < -0.39 is 0 Å². The van der Waals surface area contributed by atoms with Gasteiger partial charge in [-0.25, -0.2) is 0 Å². The summed E-state index contributed by atoms with van der Waals surface area (Å²) in [5.41, 5.74) is 1.20. The van der Waals surface area contributed by atoms with Crippen LogP contribution in [0.3, 0.4) is 0 Å². The SMILES string of the molecule is COc1cccc(CC(CCCO)OC)c1. The standard InChI is InChI=1S/C13H20O3/c1-15-12-6-3-5-11(9-12)10-13(16-2)7-4-8-14/h3,5-6,9,13-14H,4,7-8,10H2,1-2H3. The van der Waals surface area contributed by atoms with Crippen LogP contribution in [-0.2, 0) is 11.2 Å². The van der Waals surface area contributed by atoms with E-state index in [0.717, 1.165) is 25.0 Å². The van der Waals surface area contributed by atoms with E-state index in [2.05, 4.69) is 6.07 Å². The smallest absolute Gasteiger partial charge is 0.119 e. The molecule has 0 aliphatic carbocycles. The summed E-state index contributed by atoms with van der Waals surface area (Å²) < 4.78 is 10.5. The summed E-state index contributed by atoms with van der Waals surface area (Å²) in [5, 5.41) is 8.78. The predicted octanol–water partition coefficient (Wildman–Crippen LogP) is 2.03. The molecule has 0 amide bonds. The number of hydrogen-bond acceptors (Lipinski definition) is 3. The van der Waals surface area contributed by atoms with Gasteiger partial charge in [0.1, 0.15) is 5.75 Å². The summed E-state index contributed by atoms with van der Waals surface area (Å²) in [5.74, 6) is 0.870. The second kappa shape index (κ2) is 7.25. The van der Waals surface area contributed by atoms with E-state index in [0.29, 0.717) is 0 Å². The Kier molecular flexibility index (Phi) is 5.90. The van der Waals surface area contributed by atoms with Crippen LogP contribution in [0.15, 0.2) is 24.3 Å². The van der Waals surface area contributed by atoms with Crippen molar-refractivity contribution >= 4 is 0 Å². The number of hydrogen-bond donors (Lipinski definition) is 1. The second-order valence-corrected chi connectivity index (χ2v) is 3.78. The van der Waals surface area contributed by atoms with Gasteiger partial charge >= 0.3 is 0 Å². The zero-order valence-corrected chi connectivity index (χ0v) is 9.98. The highest BCUT2D eigenvalue weighted by Gasteiger charge is 2.08. The van der Waals surface area contributed by atoms with Crippen molar-refractivity contribution in [1.29, 1.82) is 0 Å². The first kappa shape index (κ1) is 13.0. The quantitative estimate of drug-likeness (QED) is 0.770. The minimum absolute atomic E-state index is 0.166. The third-order valence-corrected chi connectivity index (χ3v) is 2.62. The highest BCUT2D eigenvalue weighted by Crippen LogP contribution is 2.16. The average molecular weight is 224 g/mol. The van der Waals surface area contributed by atoms with Gasteiger partial charge in [0.15, 0.2) is 0 Å². The number of methoxy groups -OCH3 is 2. The molecule has 90 valence electrons. The Balaban J connectivity index is 2.55. The van der Waals surface area contributed by atoms with Crippen LogP contribution in [0.2, 0.25) is 0 Å². The van der Waals surface area contributed by atoms with Gasteiger partial charge in [-0.2, -0.15) is 0 Å². The monoisotopic (exact) mass is 224 g/mol. The van der Waals surface area contributed by atoms with Crippen molar-refractivity contribution in [2.75, 3.05) is 20.8 Å². The highest BCUT2D eigenvalue weighted by molar-refractivity contribution is 5.28. The molecule has 3 nitrogen and oxygen atoms in total. The molecule has 0 saturated heterocycles. The van der Waals surface area contributed by atoms with Gasteiger partial charge in [0.2, 0.25) is 0 Å². The highest BCUT2D eigenvalue weighted by atomic mass is 16.5. The van der Waals surface area contributed by atoms with Gasteiger partial charge in [0.05, 0.1) is 13.2 Å². The molecule has 0 fully saturated rings. The number of rotatable bonds is 7. The maximum atomic E-state index is 8.78. The lowest BCUT2D eigenvalue weighted by atomic mass is 10.0. The van der Waals surface area contributed by atoms with E-state index in [-0.39, 0.29) is 12.7 Å². The van der Waals surface area contributed by atoms with Crippen LogP contribution in [-0.4, -0.2) is 32.0 Å². The van der Waals surface area contributed by atoms with Gasteiger partial charge in [-0.1, -0.05) is 12.1 Å². The third kappa shape index (κ3) is 4.21. The molecule has 1 aromatic carbocycles. The van der Waals surface area contributed by atoms with Gasteiger partial charge in [-0.15, -0.1) is 0 Å². The van der Waals surface area contributed by atoms with Crippen molar-refractivity contribution < 1.29 is 14.6 Å². The van der Waals surface area contributed by atoms with Crippen LogP contribution in [0, 0.1) is 0 Å². The fourth-order valence-electron chi connectivity index (χ4n) is 1.68. The van der Waals surface area contributed by atoms with Crippen molar-refractivity contribution in [3.8, 4) is 5.75 Å². The molecule has 0 aromatic heterocycles. The number of ether oxygens (including phenoxy) is 2. The molecule has 1 atom stereocenters. The predicted molar refractivity (Wildman–Crippen MR) is 63.8 cm³/mol. The summed E-state index contributed by atoms with van der Waals surface area (Å²) in [6.07, 6.45) is 2.68. The Morgan fingerprint density at radius 3 is 2.75 bits per heavy atom. The molecule has 0 bridgehead atoms. The Morgan fingerprint density at radius 2 is 2.12 bits per heavy atom. The lowest BCUT2D eigenvalue weighted by molar-refractivity contribution is 0.0882. The van der Waals surface area contributed by atoms with E-state index in [1.807, 2.05) is 18.2 Å². The average Bonchev–Trinajstić information content (AvgIpc) is 2.34. The summed E-state index contributed by atoms with van der Waals surface area (Å²) in [6.45, 7) is 0.220. The Bertz CT molecular complexity index is 299. The van der Waals surface area contributed by atoms with E-state index in [9.17, 15) is 0 Å². The maximum absolute atomic E-state index is 8.78. The molecule has 1 aromatic rings. The van der Waals surface area contributed by atoms with Gasteiger partial charge in [-0.3, -0.25) is 0 Å². The minimum Gasteiger partial charge on any atom is -0.497 e. The molecule has 1 unspecified atom stereocenters. The molecular weight excluding hydrogens is 204 g/mol. The molecule has 16 heavy (non-hydrogen) atoms. The molecular formula is C13H20O3.